The zero-order valence-electron chi connectivity index (χ0n) is 11.4. The molecule has 4 heteroatoms. The van der Waals surface area contributed by atoms with Crippen LogP contribution in [0, 0.1) is 6.92 Å². The Labute approximate surface area is 123 Å². The van der Waals surface area contributed by atoms with Gasteiger partial charge in [0.1, 0.15) is 0 Å². The molecule has 1 aromatic rings. The smallest absolute Gasteiger partial charge is 0.191 e. The number of guanidine groups is 1. The number of hydrogen-bond acceptors (Lipinski definition) is 1. The highest BCUT2D eigenvalue weighted by atomic mass is 79.9. The summed E-state index contributed by atoms with van der Waals surface area (Å²) in [5.74, 6) is 0.871. The molecule has 0 heterocycles. The molecule has 0 saturated carbocycles. The van der Waals surface area contributed by atoms with Gasteiger partial charge in [-0.1, -0.05) is 34.1 Å². The van der Waals surface area contributed by atoms with Crippen molar-refractivity contribution in [3.8, 4) is 0 Å². The number of aryl methyl sites for hydroxylation is 1. The molecule has 0 unspecified atom stereocenters. The first-order valence-electron chi connectivity index (χ1n) is 6.56. The second-order valence-electron chi connectivity index (χ2n) is 4.78. The van der Waals surface area contributed by atoms with Gasteiger partial charge in [0, 0.05) is 24.1 Å². The van der Waals surface area contributed by atoms with Crippen molar-refractivity contribution in [3.05, 3.63) is 46.0 Å². The van der Waals surface area contributed by atoms with Crippen LogP contribution in [0.25, 0.3) is 0 Å². The first-order valence-corrected chi connectivity index (χ1v) is 7.35. The lowest BCUT2D eigenvalue weighted by molar-refractivity contribution is 0.633. The van der Waals surface area contributed by atoms with E-state index in [2.05, 4.69) is 68.8 Å². The highest BCUT2D eigenvalue weighted by Crippen LogP contribution is 2.15. The van der Waals surface area contributed by atoms with Crippen molar-refractivity contribution in [1.82, 2.24) is 10.6 Å². The maximum atomic E-state index is 4.27. The summed E-state index contributed by atoms with van der Waals surface area (Å²) >= 11 is 3.48. The molecule has 0 aliphatic heterocycles. The van der Waals surface area contributed by atoms with Crippen LogP contribution in [-0.4, -0.2) is 19.0 Å². The van der Waals surface area contributed by atoms with Gasteiger partial charge in [0.2, 0.25) is 0 Å². The molecule has 0 bridgehead atoms. The van der Waals surface area contributed by atoms with Crippen LogP contribution in [0.5, 0.6) is 0 Å². The fraction of sp³-hybridized carbons (Fsp3) is 0.400. The Morgan fingerprint density at radius 3 is 2.74 bits per heavy atom. The van der Waals surface area contributed by atoms with Gasteiger partial charge in [0.15, 0.2) is 5.96 Å². The third-order valence-electron chi connectivity index (χ3n) is 3.32. The van der Waals surface area contributed by atoms with Crippen LogP contribution < -0.4 is 10.6 Å². The van der Waals surface area contributed by atoms with E-state index in [9.17, 15) is 0 Å². The van der Waals surface area contributed by atoms with E-state index in [1.54, 1.807) is 0 Å². The summed E-state index contributed by atoms with van der Waals surface area (Å²) in [5.41, 5.74) is 2.57. The number of hydrogen-bond donors (Lipinski definition) is 2. The molecule has 1 aliphatic carbocycles. The minimum atomic E-state index is 0.484. The van der Waals surface area contributed by atoms with Gasteiger partial charge in [-0.15, -0.1) is 0 Å². The van der Waals surface area contributed by atoms with E-state index in [-0.39, 0.29) is 0 Å². The maximum absolute atomic E-state index is 4.27. The molecule has 19 heavy (non-hydrogen) atoms. The monoisotopic (exact) mass is 321 g/mol. The Morgan fingerprint density at radius 1 is 1.37 bits per heavy atom. The van der Waals surface area contributed by atoms with Crippen LogP contribution in [0.2, 0.25) is 0 Å². The van der Waals surface area contributed by atoms with E-state index in [1.165, 1.54) is 11.1 Å². The molecule has 0 saturated heterocycles. The lowest BCUT2D eigenvalue weighted by Crippen LogP contribution is -2.42. The van der Waals surface area contributed by atoms with Gasteiger partial charge in [-0.2, -0.15) is 0 Å². The highest BCUT2D eigenvalue weighted by molar-refractivity contribution is 9.10. The van der Waals surface area contributed by atoms with Crippen LogP contribution in [0.15, 0.2) is 39.8 Å². The predicted octanol–water partition coefficient (Wildman–Crippen LogP) is 3.14. The summed E-state index contributed by atoms with van der Waals surface area (Å²) in [6, 6.07) is 6.82. The Kier molecular flexibility index (Phi) is 5.02. The molecular formula is C15H20BrN3. The number of benzene rings is 1. The third kappa shape index (κ3) is 4.10. The molecule has 0 aromatic heterocycles. The predicted molar refractivity (Wildman–Crippen MR) is 84.4 cm³/mol. The minimum absolute atomic E-state index is 0.484. The molecule has 0 spiro atoms. The van der Waals surface area contributed by atoms with Crippen LogP contribution in [0.1, 0.15) is 24.0 Å². The molecule has 0 atom stereocenters. The average Bonchev–Trinajstić information content (AvgIpc) is 2.89. The lowest BCUT2D eigenvalue weighted by Gasteiger charge is -2.17. The third-order valence-corrected chi connectivity index (χ3v) is 3.82. The first kappa shape index (κ1) is 14.1. The average molecular weight is 322 g/mol. The van der Waals surface area contributed by atoms with Gasteiger partial charge in [0.25, 0.3) is 0 Å². The molecule has 2 N–H and O–H groups in total. The van der Waals surface area contributed by atoms with E-state index in [0.717, 1.165) is 29.8 Å². The van der Waals surface area contributed by atoms with E-state index >= 15 is 0 Å². The molecule has 1 aliphatic rings. The van der Waals surface area contributed by atoms with Crippen molar-refractivity contribution < 1.29 is 0 Å². The second kappa shape index (κ2) is 6.75. The molecule has 3 nitrogen and oxygen atoms in total. The van der Waals surface area contributed by atoms with Crippen LogP contribution in [-0.2, 0) is 6.54 Å². The lowest BCUT2D eigenvalue weighted by atomic mass is 10.1. The zero-order valence-corrected chi connectivity index (χ0v) is 13.0. The Hall–Kier alpha value is -1.29. The first-order chi connectivity index (χ1) is 9.19. The van der Waals surface area contributed by atoms with Crippen molar-refractivity contribution in [2.45, 2.75) is 32.4 Å². The van der Waals surface area contributed by atoms with Gasteiger partial charge in [0.05, 0.1) is 0 Å². The molecule has 102 valence electrons. The summed E-state index contributed by atoms with van der Waals surface area (Å²) in [4.78, 5) is 4.27. The number of nitrogens with one attached hydrogen (secondary N) is 2. The van der Waals surface area contributed by atoms with E-state index in [0.29, 0.717) is 6.04 Å². The number of rotatable bonds is 3. The summed E-state index contributed by atoms with van der Waals surface area (Å²) in [7, 11) is 1.81. The topological polar surface area (TPSA) is 36.4 Å². The fourth-order valence-corrected chi connectivity index (χ4v) is 2.64. The second-order valence-corrected chi connectivity index (χ2v) is 5.70. The summed E-state index contributed by atoms with van der Waals surface area (Å²) in [6.45, 7) is 2.91. The van der Waals surface area contributed by atoms with Crippen molar-refractivity contribution in [2.75, 3.05) is 7.05 Å². The van der Waals surface area contributed by atoms with Gasteiger partial charge >= 0.3 is 0 Å². The van der Waals surface area contributed by atoms with E-state index < -0.39 is 0 Å². The van der Waals surface area contributed by atoms with Crippen LogP contribution in [0.3, 0.4) is 0 Å². The number of halogens is 1. The Morgan fingerprint density at radius 2 is 2.11 bits per heavy atom. The highest BCUT2D eigenvalue weighted by Gasteiger charge is 2.11. The number of nitrogens with zero attached hydrogens (tertiary/aromatic N) is 1. The quantitative estimate of drug-likeness (QED) is 0.510. The van der Waals surface area contributed by atoms with Gasteiger partial charge < -0.3 is 10.6 Å². The summed E-state index contributed by atoms with van der Waals surface area (Å²) in [5, 5.41) is 6.80. The van der Waals surface area contributed by atoms with Crippen LogP contribution >= 0.6 is 15.9 Å². The number of aliphatic imine (C=N–C) groups is 1. The normalized spacial score (nSPS) is 15.8. The molecule has 0 fully saturated rings. The largest absolute Gasteiger partial charge is 0.353 e. The summed E-state index contributed by atoms with van der Waals surface area (Å²) < 4.78 is 1.12. The fourth-order valence-electron chi connectivity index (χ4n) is 2.16. The molecular weight excluding hydrogens is 302 g/mol. The zero-order chi connectivity index (χ0) is 13.7. The van der Waals surface area contributed by atoms with E-state index in [4.69, 9.17) is 0 Å². The van der Waals surface area contributed by atoms with Crippen molar-refractivity contribution in [2.24, 2.45) is 4.99 Å². The van der Waals surface area contributed by atoms with Crippen molar-refractivity contribution >= 4 is 21.9 Å². The van der Waals surface area contributed by atoms with E-state index in [1.807, 2.05) is 7.05 Å². The van der Waals surface area contributed by atoms with Gasteiger partial charge in [-0.25, -0.2) is 0 Å². The Balaban J connectivity index is 1.89. The van der Waals surface area contributed by atoms with Crippen molar-refractivity contribution in [1.29, 1.82) is 0 Å². The molecule has 0 amide bonds. The summed E-state index contributed by atoms with van der Waals surface area (Å²) in [6.07, 6.45) is 6.59. The van der Waals surface area contributed by atoms with Crippen molar-refractivity contribution in [3.63, 3.8) is 0 Å². The minimum Gasteiger partial charge on any atom is -0.353 e. The molecule has 1 aromatic carbocycles. The Bertz CT molecular complexity index is 486. The standard InChI is InChI=1S/C15H20BrN3/c1-11-9-13(16)8-7-12(11)10-18-15(17-2)19-14-5-3-4-6-14/h3-4,7-9,14H,5-6,10H2,1-2H3,(H2,17,18,19). The van der Waals surface area contributed by atoms with Gasteiger partial charge in [-0.3, -0.25) is 4.99 Å². The maximum Gasteiger partial charge on any atom is 0.191 e. The van der Waals surface area contributed by atoms with Gasteiger partial charge in [-0.05, 0) is 43.0 Å². The molecule has 0 radical (unpaired) electrons. The molecule has 2 rings (SSSR count). The van der Waals surface area contributed by atoms with Crippen LogP contribution in [0.4, 0.5) is 0 Å². The SMILES string of the molecule is CN=C(NCc1ccc(Br)cc1C)NC1CC=CC1.